The van der Waals surface area contributed by atoms with E-state index >= 15 is 0 Å². The molecule has 5 nitrogen and oxygen atoms in total. The van der Waals surface area contributed by atoms with Crippen LogP contribution in [-0.2, 0) is 9.59 Å². The quantitative estimate of drug-likeness (QED) is 0.552. The molecule has 0 aromatic heterocycles. The Morgan fingerprint density at radius 3 is 2.29 bits per heavy atom. The predicted molar refractivity (Wildman–Crippen MR) is 68.4 cm³/mol. The highest BCUT2D eigenvalue weighted by atomic mass is 16.2. The first kappa shape index (κ1) is 15.9. The average Bonchev–Trinajstić information content (AvgIpc) is 2.26. The fraction of sp³-hybridized carbons (Fsp3) is 0.833. The van der Waals surface area contributed by atoms with Crippen LogP contribution in [0.3, 0.4) is 0 Å². The van der Waals surface area contributed by atoms with E-state index < -0.39 is 0 Å². The number of amides is 2. The molecule has 100 valence electrons. The van der Waals surface area contributed by atoms with Gasteiger partial charge in [-0.2, -0.15) is 0 Å². The van der Waals surface area contributed by atoms with E-state index in [2.05, 4.69) is 10.6 Å². The molecule has 5 heteroatoms. The van der Waals surface area contributed by atoms with Crippen LogP contribution in [0.15, 0.2) is 0 Å². The van der Waals surface area contributed by atoms with Crippen molar-refractivity contribution in [3.05, 3.63) is 0 Å². The third-order valence-corrected chi connectivity index (χ3v) is 2.35. The molecule has 1 atom stereocenters. The van der Waals surface area contributed by atoms with Gasteiger partial charge < -0.3 is 16.4 Å². The molecule has 1 unspecified atom stereocenters. The van der Waals surface area contributed by atoms with E-state index in [1.54, 1.807) is 0 Å². The van der Waals surface area contributed by atoms with Crippen LogP contribution in [-0.4, -0.2) is 30.9 Å². The minimum absolute atomic E-state index is 0.0231. The summed E-state index contributed by atoms with van der Waals surface area (Å²) in [5.74, 6) is -0.0979. The molecule has 0 radical (unpaired) electrons. The maximum absolute atomic E-state index is 11.4. The molecular formula is C12H25N3O2. The van der Waals surface area contributed by atoms with E-state index in [4.69, 9.17) is 5.73 Å². The number of rotatable bonds is 9. The van der Waals surface area contributed by atoms with Crippen molar-refractivity contribution in [2.75, 3.05) is 13.1 Å². The van der Waals surface area contributed by atoms with Crippen molar-refractivity contribution in [3.8, 4) is 0 Å². The number of carbonyl (C=O) groups is 2. The minimum atomic E-state index is -0.0751. The van der Waals surface area contributed by atoms with Crippen LogP contribution in [0.1, 0.15) is 46.0 Å². The van der Waals surface area contributed by atoms with Gasteiger partial charge in [-0.05, 0) is 12.8 Å². The molecule has 0 fully saturated rings. The molecule has 2 amide bonds. The molecule has 0 aromatic carbocycles. The Balaban J connectivity index is 3.53. The van der Waals surface area contributed by atoms with Gasteiger partial charge in [0.05, 0.1) is 0 Å². The van der Waals surface area contributed by atoms with Crippen molar-refractivity contribution < 1.29 is 9.59 Å². The van der Waals surface area contributed by atoms with E-state index in [1.165, 1.54) is 0 Å². The zero-order valence-electron chi connectivity index (χ0n) is 10.9. The van der Waals surface area contributed by atoms with Crippen molar-refractivity contribution in [2.45, 2.75) is 52.0 Å². The largest absolute Gasteiger partial charge is 0.356 e. The topological polar surface area (TPSA) is 84.2 Å². The van der Waals surface area contributed by atoms with Gasteiger partial charge in [0.25, 0.3) is 0 Å². The number of hydrogen-bond donors (Lipinski definition) is 3. The second kappa shape index (κ2) is 10.1. The van der Waals surface area contributed by atoms with Crippen LogP contribution in [0.25, 0.3) is 0 Å². The van der Waals surface area contributed by atoms with Crippen molar-refractivity contribution >= 4 is 11.8 Å². The summed E-state index contributed by atoms with van der Waals surface area (Å²) >= 11 is 0. The predicted octanol–water partition coefficient (Wildman–Crippen LogP) is 0.536. The number of nitrogens with one attached hydrogen (secondary N) is 2. The zero-order chi connectivity index (χ0) is 13.1. The fourth-order valence-electron chi connectivity index (χ4n) is 1.45. The van der Waals surface area contributed by atoms with Crippen LogP contribution in [0, 0.1) is 0 Å². The molecule has 0 saturated heterocycles. The Hall–Kier alpha value is -1.10. The normalized spacial score (nSPS) is 11.9. The van der Waals surface area contributed by atoms with Gasteiger partial charge in [0, 0.05) is 32.0 Å². The maximum Gasteiger partial charge on any atom is 0.221 e. The van der Waals surface area contributed by atoms with Gasteiger partial charge in [0.15, 0.2) is 0 Å². The third kappa shape index (κ3) is 9.81. The molecule has 17 heavy (non-hydrogen) atoms. The second-order valence-electron chi connectivity index (χ2n) is 4.20. The molecular weight excluding hydrogens is 218 g/mol. The Kier molecular flexibility index (Phi) is 9.43. The highest BCUT2D eigenvalue weighted by Crippen LogP contribution is 1.97. The lowest BCUT2D eigenvalue weighted by Crippen LogP contribution is -2.34. The van der Waals surface area contributed by atoms with Crippen LogP contribution in [0.2, 0.25) is 0 Å². The molecule has 0 saturated carbocycles. The van der Waals surface area contributed by atoms with Gasteiger partial charge in [-0.3, -0.25) is 9.59 Å². The van der Waals surface area contributed by atoms with E-state index in [-0.39, 0.29) is 17.9 Å². The van der Waals surface area contributed by atoms with Crippen molar-refractivity contribution in [1.82, 2.24) is 10.6 Å². The molecule has 0 bridgehead atoms. The summed E-state index contributed by atoms with van der Waals surface area (Å²) < 4.78 is 0. The summed E-state index contributed by atoms with van der Waals surface area (Å²) in [5, 5.41) is 5.45. The Morgan fingerprint density at radius 2 is 1.71 bits per heavy atom. The van der Waals surface area contributed by atoms with E-state index in [1.807, 2.05) is 13.8 Å². The van der Waals surface area contributed by atoms with Crippen LogP contribution >= 0.6 is 0 Å². The van der Waals surface area contributed by atoms with Gasteiger partial charge in [-0.15, -0.1) is 0 Å². The van der Waals surface area contributed by atoms with Gasteiger partial charge >= 0.3 is 0 Å². The molecule has 0 aliphatic heterocycles. The first-order valence-electron chi connectivity index (χ1n) is 6.39. The Labute approximate surface area is 104 Å². The summed E-state index contributed by atoms with van der Waals surface area (Å²) in [5.41, 5.74) is 5.74. The monoisotopic (exact) mass is 243 g/mol. The summed E-state index contributed by atoms with van der Waals surface area (Å²) in [4.78, 5) is 22.6. The first-order chi connectivity index (χ1) is 8.10. The highest BCUT2D eigenvalue weighted by molar-refractivity contribution is 5.79. The summed E-state index contributed by atoms with van der Waals surface area (Å²) in [7, 11) is 0. The SMILES string of the molecule is CCCNC(=O)CCNC(=O)CC(N)CCC. The summed E-state index contributed by atoms with van der Waals surface area (Å²) in [6.45, 7) is 5.11. The molecule has 4 N–H and O–H groups in total. The fourth-order valence-corrected chi connectivity index (χ4v) is 1.45. The van der Waals surface area contributed by atoms with E-state index in [0.717, 1.165) is 19.3 Å². The average molecular weight is 243 g/mol. The molecule has 0 spiro atoms. The lowest BCUT2D eigenvalue weighted by Gasteiger charge is -2.10. The van der Waals surface area contributed by atoms with Crippen molar-refractivity contribution in [1.29, 1.82) is 0 Å². The Bertz CT molecular complexity index is 232. The lowest BCUT2D eigenvalue weighted by atomic mass is 10.1. The van der Waals surface area contributed by atoms with Gasteiger partial charge in [-0.1, -0.05) is 20.3 Å². The smallest absolute Gasteiger partial charge is 0.221 e. The van der Waals surface area contributed by atoms with E-state index in [9.17, 15) is 9.59 Å². The highest BCUT2D eigenvalue weighted by Gasteiger charge is 2.08. The molecule has 0 rings (SSSR count). The molecule has 0 aromatic rings. The maximum atomic E-state index is 11.4. The van der Waals surface area contributed by atoms with E-state index in [0.29, 0.717) is 25.9 Å². The summed E-state index contributed by atoms with van der Waals surface area (Å²) in [6.07, 6.45) is 3.42. The van der Waals surface area contributed by atoms with Crippen LogP contribution in [0.4, 0.5) is 0 Å². The van der Waals surface area contributed by atoms with Crippen LogP contribution in [0.5, 0.6) is 0 Å². The minimum Gasteiger partial charge on any atom is -0.356 e. The second-order valence-corrected chi connectivity index (χ2v) is 4.20. The van der Waals surface area contributed by atoms with Gasteiger partial charge in [0.2, 0.25) is 11.8 Å². The van der Waals surface area contributed by atoms with Crippen molar-refractivity contribution in [2.24, 2.45) is 5.73 Å². The lowest BCUT2D eigenvalue weighted by molar-refractivity contribution is -0.122. The number of carbonyl (C=O) groups excluding carboxylic acids is 2. The molecule has 0 aliphatic rings. The third-order valence-electron chi connectivity index (χ3n) is 2.35. The number of hydrogen-bond acceptors (Lipinski definition) is 3. The Morgan fingerprint density at radius 1 is 1.06 bits per heavy atom. The number of nitrogens with two attached hydrogens (primary N) is 1. The standard InChI is InChI=1S/C12H25N3O2/c1-3-5-10(13)9-12(17)15-8-6-11(16)14-7-4-2/h10H,3-9,13H2,1-2H3,(H,14,16)(H,15,17). The van der Waals surface area contributed by atoms with Gasteiger partial charge in [-0.25, -0.2) is 0 Å². The van der Waals surface area contributed by atoms with Gasteiger partial charge in [0.1, 0.15) is 0 Å². The first-order valence-corrected chi connectivity index (χ1v) is 6.39. The summed E-state index contributed by atoms with van der Waals surface area (Å²) in [6, 6.07) is -0.0751. The molecule has 0 heterocycles. The van der Waals surface area contributed by atoms with Crippen LogP contribution < -0.4 is 16.4 Å². The molecule has 0 aliphatic carbocycles. The van der Waals surface area contributed by atoms with Crippen molar-refractivity contribution in [3.63, 3.8) is 0 Å². The zero-order valence-corrected chi connectivity index (χ0v) is 10.9.